The van der Waals surface area contributed by atoms with Gasteiger partial charge in [-0.25, -0.2) is 4.79 Å². The van der Waals surface area contributed by atoms with Gasteiger partial charge in [-0.1, -0.05) is 37.3 Å². The Morgan fingerprint density at radius 2 is 1.92 bits per heavy atom. The Labute approximate surface area is 151 Å². The zero-order valence-electron chi connectivity index (χ0n) is 15.2. The van der Waals surface area contributed by atoms with Crippen LogP contribution in [0.4, 0.5) is 4.79 Å². The Hall–Kier alpha value is -1.59. The largest absolute Gasteiger partial charge is 0.395 e. The van der Waals surface area contributed by atoms with Crippen molar-refractivity contribution in [3.05, 3.63) is 35.9 Å². The lowest BCUT2D eigenvalue weighted by molar-refractivity contribution is 0.131. The van der Waals surface area contributed by atoms with E-state index in [-0.39, 0.29) is 18.7 Å². The minimum absolute atomic E-state index is 0.0239. The second-order valence-corrected chi connectivity index (χ2v) is 7.48. The topological polar surface area (TPSA) is 55.8 Å². The summed E-state index contributed by atoms with van der Waals surface area (Å²) >= 11 is 0. The van der Waals surface area contributed by atoms with Crippen molar-refractivity contribution in [1.82, 2.24) is 15.1 Å². The van der Waals surface area contributed by atoms with E-state index < -0.39 is 0 Å². The van der Waals surface area contributed by atoms with Gasteiger partial charge in [0.05, 0.1) is 12.6 Å². The van der Waals surface area contributed by atoms with Crippen molar-refractivity contribution < 1.29 is 9.90 Å². The number of aliphatic hydroxyl groups excluding tert-OH is 1. The smallest absolute Gasteiger partial charge is 0.317 e. The van der Waals surface area contributed by atoms with E-state index in [1.165, 1.54) is 18.4 Å². The second-order valence-electron chi connectivity index (χ2n) is 7.48. The molecule has 2 N–H and O–H groups in total. The van der Waals surface area contributed by atoms with E-state index in [9.17, 15) is 9.90 Å². The average Bonchev–Trinajstić information content (AvgIpc) is 3.47. The molecule has 5 nitrogen and oxygen atoms in total. The summed E-state index contributed by atoms with van der Waals surface area (Å²) in [4.78, 5) is 16.9. The molecule has 0 aromatic heterocycles. The molecular formula is C20H31N3O2. The molecule has 2 fully saturated rings. The second kappa shape index (κ2) is 8.68. The fourth-order valence-electron chi connectivity index (χ4n) is 3.70. The first-order valence-corrected chi connectivity index (χ1v) is 9.63. The van der Waals surface area contributed by atoms with Gasteiger partial charge in [-0.15, -0.1) is 0 Å². The van der Waals surface area contributed by atoms with Crippen molar-refractivity contribution in [3.63, 3.8) is 0 Å². The van der Waals surface area contributed by atoms with Crippen molar-refractivity contribution in [2.24, 2.45) is 5.92 Å². The van der Waals surface area contributed by atoms with Crippen molar-refractivity contribution in [1.29, 1.82) is 0 Å². The van der Waals surface area contributed by atoms with E-state index in [2.05, 4.69) is 41.4 Å². The number of carbonyl (C=O) groups excluding carboxylic acids is 1. The Bertz CT molecular complexity index is 539. The molecule has 1 unspecified atom stereocenters. The summed E-state index contributed by atoms with van der Waals surface area (Å²) in [6, 6.07) is 11.0. The van der Waals surface area contributed by atoms with Crippen LogP contribution in [0.15, 0.2) is 30.3 Å². The lowest BCUT2D eigenvalue weighted by Crippen LogP contribution is -2.47. The third-order valence-corrected chi connectivity index (χ3v) is 5.48. The Morgan fingerprint density at radius 3 is 2.52 bits per heavy atom. The first-order valence-electron chi connectivity index (χ1n) is 9.63. The summed E-state index contributed by atoms with van der Waals surface area (Å²) in [6.45, 7) is 5.55. The van der Waals surface area contributed by atoms with Crippen LogP contribution in [0.3, 0.4) is 0 Å². The molecule has 5 heteroatoms. The fraction of sp³-hybridized carbons (Fsp3) is 0.650. The van der Waals surface area contributed by atoms with Gasteiger partial charge in [0.25, 0.3) is 0 Å². The third-order valence-electron chi connectivity index (χ3n) is 5.48. The number of likely N-dealkylation sites (tertiary alicyclic amines) is 1. The molecule has 0 spiro atoms. The van der Waals surface area contributed by atoms with Crippen molar-refractivity contribution in [2.45, 2.75) is 44.7 Å². The van der Waals surface area contributed by atoms with Crippen LogP contribution in [0.1, 0.15) is 44.2 Å². The highest BCUT2D eigenvalue weighted by molar-refractivity contribution is 5.75. The summed E-state index contributed by atoms with van der Waals surface area (Å²) in [5, 5.41) is 12.3. The molecule has 1 atom stereocenters. The summed E-state index contributed by atoms with van der Waals surface area (Å²) in [6.07, 6.45) is 4.55. The molecule has 1 saturated carbocycles. The normalized spacial score (nSPS) is 20.2. The number of urea groups is 1. The number of hydrogen-bond acceptors (Lipinski definition) is 3. The van der Waals surface area contributed by atoms with E-state index in [0.29, 0.717) is 19.1 Å². The third kappa shape index (κ3) is 4.95. The molecule has 1 aliphatic heterocycles. The maximum atomic E-state index is 12.6. The van der Waals surface area contributed by atoms with Gasteiger partial charge >= 0.3 is 6.03 Å². The number of aliphatic hydroxyl groups is 1. The first-order chi connectivity index (χ1) is 12.2. The summed E-state index contributed by atoms with van der Waals surface area (Å²) < 4.78 is 0. The van der Waals surface area contributed by atoms with Crippen LogP contribution < -0.4 is 5.32 Å². The standard InChI is InChI=1S/C20H31N3O2/c1-16-9-11-22(12-10-16)19(17-5-3-2-4-6-17)15-21-20(25)23(13-14-24)18-7-8-18/h2-6,16,18-19,24H,7-15H2,1H3,(H,21,25). The molecular weight excluding hydrogens is 314 g/mol. The highest BCUT2D eigenvalue weighted by Gasteiger charge is 2.33. The van der Waals surface area contributed by atoms with Gasteiger partial charge in [0.2, 0.25) is 0 Å². The molecule has 2 aliphatic rings. The Morgan fingerprint density at radius 1 is 1.24 bits per heavy atom. The number of nitrogens with one attached hydrogen (secondary N) is 1. The number of benzene rings is 1. The van der Waals surface area contributed by atoms with Crippen molar-refractivity contribution in [3.8, 4) is 0 Å². The van der Waals surface area contributed by atoms with Gasteiger partial charge < -0.3 is 15.3 Å². The van der Waals surface area contributed by atoms with E-state index in [1.54, 1.807) is 4.90 Å². The molecule has 25 heavy (non-hydrogen) atoms. The Balaban J connectivity index is 1.64. The lowest BCUT2D eigenvalue weighted by atomic mass is 9.95. The van der Waals surface area contributed by atoms with Gasteiger partial charge in [0, 0.05) is 19.1 Å². The van der Waals surface area contributed by atoms with E-state index >= 15 is 0 Å². The van der Waals surface area contributed by atoms with E-state index in [0.717, 1.165) is 31.8 Å². The highest BCUT2D eigenvalue weighted by atomic mass is 16.3. The summed E-state index contributed by atoms with van der Waals surface area (Å²) in [7, 11) is 0. The van der Waals surface area contributed by atoms with Crippen LogP contribution in [0.2, 0.25) is 0 Å². The molecule has 3 rings (SSSR count). The molecule has 1 aromatic rings. The monoisotopic (exact) mass is 345 g/mol. The number of piperidine rings is 1. The van der Waals surface area contributed by atoms with Gasteiger partial charge in [-0.3, -0.25) is 4.90 Å². The maximum absolute atomic E-state index is 12.6. The minimum Gasteiger partial charge on any atom is -0.395 e. The van der Waals surface area contributed by atoms with Crippen LogP contribution >= 0.6 is 0 Å². The maximum Gasteiger partial charge on any atom is 0.317 e. The van der Waals surface area contributed by atoms with Crippen molar-refractivity contribution in [2.75, 3.05) is 32.8 Å². The van der Waals surface area contributed by atoms with Crippen LogP contribution in [0.5, 0.6) is 0 Å². The fourth-order valence-corrected chi connectivity index (χ4v) is 3.70. The molecule has 0 radical (unpaired) electrons. The van der Waals surface area contributed by atoms with Gasteiger partial charge in [0.15, 0.2) is 0 Å². The van der Waals surface area contributed by atoms with Crippen LogP contribution in [-0.4, -0.2) is 59.8 Å². The highest BCUT2D eigenvalue weighted by Crippen LogP contribution is 2.28. The molecule has 1 aromatic carbocycles. The number of rotatable bonds is 7. The Kier molecular flexibility index (Phi) is 6.32. The zero-order valence-corrected chi connectivity index (χ0v) is 15.2. The molecule has 1 aliphatic carbocycles. The van der Waals surface area contributed by atoms with Crippen LogP contribution in [0.25, 0.3) is 0 Å². The molecule has 2 amide bonds. The lowest BCUT2D eigenvalue weighted by Gasteiger charge is -2.37. The quantitative estimate of drug-likeness (QED) is 0.799. The van der Waals surface area contributed by atoms with Gasteiger partial charge in [0.1, 0.15) is 0 Å². The predicted molar refractivity (Wildman–Crippen MR) is 99.4 cm³/mol. The van der Waals surface area contributed by atoms with E-state index in [4.69, 9.17) is 0 Å². The first kappa shape index (κ1) is 18.2. The number of hydrogen-bond donors (Lipinski definition) is 2. The number of amides is 2. The summed E-state index contributed by atoms with van der Waals surface area (Å²) in [5.74, 6) is 0.789. The molecule has 0 bridgehead atoms. The van der Waals surface area contributed by atoms with Gasteiger partial charge in [-0.2, -0.15) is 0 Å². The van der Waals surface area contributed by atoms with E-state index in [1.807, 2.05) is 6.07 Å². The zero-order chi connectivity index (χ0) is 17.6. The van der Waals surface area contributed by atoms with Gasteiger partial charge in [-0.05, 0) is 50.3 Å². The molecule has 1 heterocycles. The summed E-state index contributed by atoms with van der Waals surface area (Å²) in [5.41, 5.74) is 1.26. The number of carbonyl (C=O) groups is 1. The number of nitrogens with zero attached hydrogens (tertiary/aromatic N) is 2. The van der Waals surface area contributed by atoms with Crippen LogP contribution in [-0.2, 0) is 0 Å². The predicted octanol–water partition coefficient (Wildman–Crippen LogP) is 2.63. The molecule has 1 saturated heterocycles. The SMILES string of the molecule is CC1CCN(C(CNC(=O)N(CCO)C2CC2)c2ccccc2)CC1. The minimum atomic E-state index is -0.0390. The van der Waals surface area contributed by atoms with Crippen molar-refractivity contribution >= 4 is 6.03 Å². The molecule has 138 valence electrons. The van der Waals surface area contributed by atoms with Crippen LogP contribution in [0, 0.1) is 5.92 Å². The average molecular weight is 345 g/mol.